The number of aromatic nitrogens is 1. The Kier molecular flexibility index (Phi) is 2.86. The lowest BCUT2D eigenvalue weighted by atomic mass is 10.2. The molecule has 0 radical (unpaired) electrons. The van der Waals surface area contributed by atoms with Crippen LogP contribution in [-0.4, -0.2) is 25.1 Å². The van der Waals surface area contributed by atoms with Gasteiger partial charge in [0.2, 0.25) is 0 Å². The average Bonchev–Trinajstić information content (AvgIpc) is 2.82. The Bertz CT molecular complexity index is 364. The quantitative estimate of drug-likeness (QED) is 0.871. The maximum absolute atomic E-state index is 4.88. The van der Waals surface area contributed by atoms with E-state index in [1.807, 2.05) is 18.4 Å². The van der Waals surface area contributed by atoms with E-state index in [2.05, 4.69) is 10.2 Å². The Morgan fingerprint density at radius 3 is 2.75 bits per heavy atom. The predicted octanol–water partition coefficient (Wildman–Crippen LogP) is 2.34. The van der Waals surface area contributed by atoms with E-state index in [0.29, 0.717) is 0 Å². The topological polar surface area (TPSA) is 28.2 Å². The Balaban J connectivity index is 1.85. The summed E-state index contributed by atoms with van der Waals surface area (Å²) in [5, 5.41) is 4.53. The summed E-state index contributed by atoms with van der Waals surface area (Å²) < 4.78 is 0. The molecule has 1 aliphatic carbocycles. The minimum Gasteiger partial charge on any atom is -0.348 e. The second-order valence-corrected chi connectivity index (χ2v) is 5.87. The highest BCUT2D eigenvalue weighted by Crippen LogP contribution is 2.44. The van der Waals surface area contributed by atoms with Gasteiger partial charge in [0, 0.05) is 30.4 Å². The predicted molar refractivity (Wildman–Crippen MR) is 68.3 cm³/mol. The molecule has 16 heavy (non-hydrogen) atoms. The minimum atomic E-state index is 0.774. The number of hydrogen-bond acceptors (Lipinski definition) is 4. The van der Waals surface area contributed by atoms with Gasteiger partial charge in [0.15, 0.2) is 5.13 Å². The van der Waals surface area contributed by atoms with Crippen LogP contribution in [0.15, 0.2) is 0 Å². The molecule has 88 valence electrons. The van der Waals surface area contributed by atoms with Crippen LogP contribution in [0.4, 0.5) is 5.13 Å². The summed E-state index contributed by atoms with van der Waals surface area (Å²) in [7, 11) is 2.02. The molecule has 0 amide bonds. The van der Waals surface area contributed by atoms with Crippen LogP contribution in [0.2, 0.25) is 0 Å². The zero-order chi connectivity index (χ0) is 11.0. The van der Waals surface area contributed by atoms with Crippen molar-refractivity contribution < 1.29 is 0 Å². The summed E-state index contributed by atoms with van der Waals surface area (Å²) in [6.45, 7) is 3.39. The van der Waals surface area contributed by atoms with Gasteiger partial charge in [-0.1, -0.05) is 0 Å². The smallest absolute Gasteiger partial charge is 0.185 e. The van der Waals surface area contributed by atoms with E-state index >= 15 is 0 Å². The fourth-order valence-corrected chi connectivity index (χ4v) is 3.57. The molecular formula is C12H19N3S. The highest BCUT2D eigenvalue weighted by molar-refractivity contribution is 7.15. The first-order valence-corrected chi connectivity index (χ1v) is 7.09. The fourth-order valence-electron chi connectivity index (χ4n) is 2.36. The van der Waals surface area contributed by atoms with E-state index in [-0.39, 0.29) is 0 Å². The molecule has 0 unspecified atom stereocenters. The third-order valence-electron chi connectivity index (χ3n) is 3.39. The van der Waals surface area contributed by atoms with Crippen LogP contribution in [0.25, 0.3) is 0 Å². The fraction of sp³-hybridized carbons (Fsp3) is 0.750. The van der Waals surface area contributed by atoms with E-state index in [4.69, 9.17) is 4.98 Å². The van der Waals surface area contributed by atoms with E-state index < -0.39 is 0 Å². The first-order chi connectivity index (χ1) is 7.88. The highest BCUT2D eigenvalue weighted by Gasteiger charge is 2.30. The second kappa shape index (κ2) is 4.34. The monoisotopic (exact) mass is 237 g/mol. The summed E-state index contributed by atoms with van der Waals surface area (Å²) in [5.74, 6) is 0.774. The Labute approximate surface area is 101 Å². The first-order valence-electron chi connectivity index (χ1n) is 6.27. The zero-order valence-electron chi connectivity index (χ0n) is 9.83. The molecule has 1 aromatic heterocycles. The van der Waals surface area contributed by atoms with Crippen molar-refractivity contribution in [3.63, 3.8) is 0 Å². The van der Waals surface area contributed by atoms with E-state index in [0.717, 1.165) is 12.5 Å². The van der Waals surface area contributed by atoms with Crippen LogP contribution in [0, 0.1) is 0 Å². The molecule has 1 saturated heterocycles. The van der Waals surface area contributed by atoms with Gasteiger partial charge in [-0.2, -0.15) is 0 Å². The lowest BCUT2D eigenvalue weighted by Gasteiger charge is -2.12. The summed E-state index contributed by atoms with van der Waals surface area (Å²) in [4.78, 5) is 8.80. The van der Waals surface area contributed by atoms with Gasteiger partial charge in [0.25, 0.3) is 0 Å². The molecule has 1 saturated carbocycles. The van der Waals surface area contributed by atoms with Crippen LogP contribution in [0.1, 0.15) is 42.2 Å². The Hall–Kier alpha value is -0.610. The molecule has 2 fully saturated rings. The molecule has 0 spiro atoms. The molecule has 1 aromatic rings. The standard InChI is InChI=1S/C12H19N3S/c1-13-8-10-11(9-4-5-9)14-12(16-10)15-6-2-3-7-15/h9,13H,2-8H2,1H3. The van der Waals surface area contributed by atoms with Crippen molar-refractivity contribution in [3.05, 3.63) is 10.6 Å². The number of nitrogens with zero attached hydrogens (tertiary/aromatic N) is 2. The van der Waals surface area contributed by atoms with Gasteiger partial charge in [-0.05, 0) is 32.7 Å². The lowest BCUT2D eigenvalue weighted by Crippen LogP contribution is -2.17. The van der Waals surface area contributed by atoms with Crippen molar-refractivity contribution in [1.29, 1.82) is 0 Å². The number of nitrogens with one attached hydrogen (secondary N) is 1. The van der Waals surface area contributed by atoms with Crippen molar-refractivity contribution in [2.45, 2.75) is 38.1 Å². The largest absolute Gasteiger partial charge is 0.348 e. The number of thiazole rings is 1. The summed E-state index contributed by atoms with van der Waals surface area (Å²) >= 11 is 1.90. The molecular weight excluding hydrogens is 218 g/mol. The van der Waals surface area contributed by atoms with Gasteiger partial charge in [0.05, 0.1) is 5.69 Å². The molecule has 3 nitrogen and oxygen atoms in total. The maximum atomic E-state index is 4.88. The van der Waals surface area contributed by atoms with Gasteiger partial charge in [-0.3, -0.25) is 0 Å². The molecule has 1 N–H and O–H groups in total. The van der Waals surface area contributed by atoms with Gasteiger partial charge < -0.3 is 10.2 Å². The van der Waals surface area contributed by atoms with Crippen LogP contribution in [0.3, 0.4) is 0 Å². The maximum Gasteiger partial charge on any atom is 0.185 e. The molecule has 2 aliphatic rings. The third-order valence-corrected chi connectivity index (χ3v) is 4.53. The van der Waals surface area contributed by atoms with Crippen molar-refractivity contribution in [1.82, 2.24) is 10.3 Å². The van der Waals surface area contributed by atoms with Crippen molar-refractivity contribution in [3.8, 4) is 0 Å². The Morgan fingerprint density at radius 1 is 1.38 bits per heavy atom. The molecule has 0 aromatic carbocycles. The summed E-state index contributed by atoms with van der Waals surface area (Å²) in [6, 6.07) is 0. The minimum absolute atomic E-state index is 0.774. The van der Waals surface area contributed by atoms with Gasteiger partial charge in [-0.25, -0.2) is 4.98 Å². The normalized spacial score (nSPS) is 20.7. The molecule has 4 heteroatoms. The van der Waals surface area contributed by atoms with Crippen LogP contribution in [0.5, 0.6) is 0 Å². The molecule has 0 atom stereocenters. The van der Waals surface area contributed by atoms with Crippen LogP contribution in [-0.2, 0) is 6.54 Å². The van der Waals surface area contributed by atoms with Crippen LogP contribution >= 0.6 is 11.3 Å². The Morgan fingerprint density at radius 2 is 2.12 bits per heavy atom. The van der Waals surface area contributed by atoms with E-state index in [1.165, 1.54) is 54.5 Å². The first kappa shape index (κ1) is 10.5. The number of rotatable bonds is 4. The summed E-state index contributed by atoms with van der Waals surface area (Å²) in [6.07, 6.45) is 5.36. The molecule has 1 aliphatic heterocycles. The van der Waals surface area contributed by atoms with Crippen molar-refractivity contribution in [2.75, 3.05) is 25.0 Å². The van der Waals surface area contributed by atoms with Crippen LogP contribution < -0.4 is 10.2 Å². The molecule has 3 rings (SSSR count). The lowest BCUT2D eigenvalue weighted by molar-refractivity contribution is 0.812. The number of anilines is 1. The van der Waals surface area contributed by atoms with Crippen molar-refractivity contribution in [2.24, 2.45) is 0 Å². The summed E-state index contributed by atoms with van der Waals surface area (Å²) in [5.41, 5.74) is 1.39. The van der Waals surface area contributed by atoms with Gasteiger partial charge in [0.1, 0.15) is 0 Å². The molecule has 0 bridgehead atoms. The van der Waals surface area contributed by atoms with E-state index in [9.17, 15) is 0 Å². The van der Waals surface area contributed by atoms with Crippen molar-refractivity contribution >= 4 is 16.5 Å². The average molecular weight is 237 g/mol. The SMILES string of the molecule is CNCc1sc(N2CCCC2)nc1C1CC1. The second-order valence-electron chi connectivity index (χ2n) is 4.80. The third kappa shape index (κ3) is 1.96. The van der Waals surface area contributed by atoms with Gasteiger partial charge in [-0.15, -0.1) is 11.3 Å². The van der Waals surface area contributed by atoms with E-state index in [1.54, 1.807) is 0 Å². The highest BCUT2D eigenvalue weighted by atomic mass is 32.1. The zero-order valence-corrected chi connectivity index (χ0v) is 10.6. The van der Waals surface area contributed by atoms with Gasteiger partial charge >= 0.3 is 0 Å². The molecule has 2 heterocycles. The number of hydrogen-bond donors (Lipinski definition) is 1.